The number of aromatic nitrogens is 2. The Bertz CT molecular complexity index is 555. The molecular formula is C13H14ClN3O2. The molecule has 19 heavy (non-hydrogen) atoms. The number of rotatable bonds is 3. The van der Waals surface area contributed by atoms with Gasteiger partial charge >= 0.3 is 0 Å². The van der Waals surface area contributed by atoms with Gasteiger partial charge in [-0.3, -0.25) is 0 Å². The molecule has 0 saturated carbocycles. The fraction of sp³-hybridized carbons (Fsp3) is 0.385. The molecule has 1 aromatic carbocycles. The minimum atomic E-state index is 0.0681. The van der Waals surface area contributed by atoms with E-state index in [-0.39, 0.29) is 12.1 Å². The molecule has 6 heteroatoms. The molecule has 2 atom stereocenters. The Labute approximate surface area is 115 Å². The van der Waals surface area contributed by atoms with E-state index in [0.717, 1.165) is 18.5 Å². The third-order valence-corrected chi connectivity index (χ3v) is 3.52. The van der Waals surface area contributed by atoms with Gasteiger partial charge in [0, 0.05) is 24.2 Å². The number of hydrogen-bond donors (Lipinski definition) is 1. The van der Waals surface area contributed by atoms with Crippen LogP contribution in [0.3, 0.4) is 0 Å². The van der Waals surface area contributed by atoms with E-state index in [1.165, 1.54) is 0 Å². The lowest BCUT2D eigenvalue weighted by Crippen LogP contribution is -2.16. The zero-order chi connectivity index (χ0) is 13.2. The fourth-order valence-electron chi connectivity index (χ4n) is 2.16. The molecule has 1 fully saturated rings. The number of benzene rings is 1. The smallest absolute Gasteiger partial charge is 0.244 e. The SMILES string of the molecule is CO[C@@H]1CN[C@@H](c2nc(-c3ccc(Cl)cc3)no2)C1. The Morgan fingerprint density at radius 1 is 1.37 bits per heavy atom. The minimum Gasteiger partial charge on any atom is -0.380 e. The summed E-state index contributed by atoms with van der Waals surface area (Å²) in [6.07, 6.45) is 1.05. The number of methoxy groups -OCH3 is 1. The molecular weight excluding hydrogens is 266 g/mol. The van der Waals surface area contributed by atoms with Crippen LogP contribution in [0.2, 0.25) is 5.02 Å². The van der Waals surface area contributed by atoms with Gasteiger partial charge in [0.1, 0.15) is 0 Å². The van der Waals surface area contributed by atoms with Crippen molar-refractivity contribution in [2.45, 2.75) is 18.6 Å². The third kappa shape index (κ3) is 2.63. The summed E-state index contributed by atoms with van der Waals surface area (Å²) in [5.41, 5.74) is 0.890. The van der Waals surface area contributed by atoms with Crippen molar-refractivity contribution >= 4 is 11.6 Å². The van der Waals surface area contributed by atoms with E-state index in [2.05, 4.69) is 15.5 Å². The van der Waals surface area contributed by atoms with Crippen LogP contribution in [-0.2, 0) is 4.74 Å². The lowest BCUT2D eigenvalue weighted by molar-refractivity contribution is 0.116. The van der Waals surface area contributed by atoms with Gasteiger partial charge in [0.2, 0.25) is 11.7 Å². The van der Waals surface area contributed by atoms with Crippen molar-refractivity contribution in [3.8, 4) is 11.4 Å². The lowest BCUT2D eigenvalue weighted by atomic mass is 10.2. The van der Waals surface area contributed by atoms with E-state index in [1.54, 1.807) is 7.11 Å². The molecule has 5 nitrogen and oxygen atoms in total. The zero-order valence-electron chi connectivity index (χ0n) is 10.5. The van der Waals surface area contributed by atoms with E-state index in [9.17, 15) is 0 Å². The molecule has 0 bridgehead atoms. The van der Waals surface area contributed by atoms with E-state index in [1.807, 2.05) is 24.3 Å². The zero-order valence-corrected chi connectivity index (χ0v) is 11.2. The normalized spacial score (nSPS) is 22.8. The van der Waals surface area contributed by atoms with Crippen LogP contribution >= 0.6 is 11.6 Å². The van der Waals surface area contributed by atoms with Crippen molar-refractivity contribution in [3.05, 3.63) is 35.2 Å². The topological polar surface area (TPSA) is 60.2 Å². The molecule has 1 aliphatic rings. The molecule has 0 aliphatic carbocycles. The molecule has 3 rings (SSSR count). The van der Waals surface area contributed by atoms with Gasteiger partial charge in [-0.1, -0.05) is 16.8 Å². The van der Waals surface area contributed by atoms with Crippen LogP contribution < -0.4 is 5.32 Å². The van der Waals surface area contributed by atoms with Crippen LogP contribution in [-0.4, -0.2) is 29.9 Å². The number of halogens is 1. The maximum Gasteiger partial charge on any atom is 0.244 e. The Balaban J connectivity index is 1.78. The molecule has 0 spiro atoms. The molecule has 0 unspecified atom stereocenters. The lowest BCUT2D eigenvalue weighted by Gasteiger charge is -2.04. The van der Waals surface area contributed by atoms with Gasteiger partial charge in [0.05, 0.1) is 12.1 Å². The van der Waals surface area contributed by atoms with Gasteiger partial charge in [0.15, 0.2) is 0 Å². The van der Waals surface area contributed by atoms with Crippen molar-refractivity contribution < 1.29 is 9.26 Å². The highest BCUT2D eigenvalue weighted by atomic mass is 35.5. The van der Waals surface area contributed by atoms with Crippen LogP contribution in [0, 0.1) is 0 Å². The molecule has 1 aromatic heterocycles. The van der Waals surface area contributed by atoms with Gasteiger partial charge < -0.3 is 14.6 Å². The molecule has 1 saturated heterocycles. The highest BCUT2D eigenvalue weighted by Gasteiger charge is 2.29. The summed E-state index contributed by atoms with van der Waals surface area (Å²) in [5, 5.41) is 7.99. The Hall–Kier alpha value is -1.43. The van der Waals surface area contributed by atoms with Gasteiger partial charge in [-0.05, 0) is 30.7 Å². The van der Waals surface area contributed by atoms with Crippen LogP contribution in [0.25, 0.3) is 11.4 Å². The molecule has 1 aliphatic heterocycles. The summed E-state index contributed by atoms with van der Waals surface area (Å²) in [6.45, 7) is 0.805. The highest BCUT2D eigenvalue weighted by molar-refractivity contribution is 6.30. The summed E-state index contributed by atoms with van der Waals surface area (Å²) < 4.78 is 10.6. The average Bonchev–Trinajstić information content (AvgIpc) is 3.08. The van der Waals surface area contributed by atoms with Crippen LogP contribution in [0.4, 0.5) is 0 Å². The second-order valence-corrected chi connectivity index (χ2v) is 4.95. The monoisotopic (exact) mass is 279 g/mol. The maximum atomic E-state index is 5.85. The highest BCUT2D eigenvalue weighted by Crippen LogP contribution is 2.26. The van der Waals surface area contributed by atoms with E-state index < -0.39 is 0 Å². The first-order chi connectivity index (χ1) is 9.26. The predicted molar refractivity (Wildman–Crippen MR) is 70.9 cm³/mol. The van der Waals surface area contributed by atoms with Crippen LogP contribution in [0.1, 0.15) is 18.4 Å². The third-order valence-electron chi connectivity index (χ3n) is 3.27. The quantitative estimate of drug-likeness (QED) is 0.935. The number of ether oxygens (including phenoxy) is 1. The van der Waals surface area contributed by atoms with Gasteiger partial charge in [0.25, 0.3) is 0 Å². The van der Waals surface area contributed by atoms with Crippen LogP contribution in [0.5, 0.6) is 0 Å². The first-order valence-corrected chi connectivity index (χ1v) is 6.50. The summed E-state index contributed by atoms with van der Waals surface area (Å²) in [5.74, 6) is 1.18. The average molecular weight is 280 g/mol. The fourth-order valence-corrected chi connectivity index (χ4v) is 2.29. The number of hydrogen-bond acceptors (Lipinski definition) is 5. The largest absolute Gasteiger partial charge is 0.380 e. The standard InChI is InChI=1S/C13H14ClN3O2/c1-18-10-6-11(15-7-10)13-16-12(17-19-13)8-2-4-9(14)5-3-8/h2-5,10-11,15H,6-7H2,1H3/t10-,11+/m0/s1. The Morgan fingerprint density at radius 3 is 2.84 bits per heavy atom. The number of nitrogens with zero attached hydrogens (tertiary/aromatic N) is 2. The summed E-state index contributed by atoms with van der Waals surface area (Å²) in [6, 6.07) is 7.43. The number of nitrogens with one attached hydrogen (secondary N) is 1. The first-order valence-electron chi connectivity index (χ1n) is 6.12. The molecule has 2 heterocycles. The molecule has 1 N–H and O–H groups in total. The molecule has 0 radical (unpaired) electrons. The van der Waals surface area contributed by atoms with Gasteiger partial charge in [-0.15, -0.1) is 0 Å². The predicted octanol–water partition coefficient (Wildman–Crippen LogP) is 2.44. The first kappa shape index (κ1) is 12.6. The van der Waals surface area contributed by atoms with E-state index >= 15 is 0 Å². The van der Waals surface area contributed by atoms with Gasteiger partial charge in [-0.2, -0.15) is 4.98 Å². The minimum absolute atomic E-state index is 0.0681. The molecule has 2 aromatic rings. The summed E-state index contributed by atoms with van der Waals surface area (Å²) in [7, 11) is 1.71. The Morgan fingerprint density at radius 2 is 2.16 bits per heavy atom. The van der Waals surface area contributed by atoms with Gasteiger partial charge in [-0.25, -0.2) is 0 Å². The second-order valence-electron chi connectivity index (χ2n) is 4.52. The van der Waals surface area contributed by atoms with E-state index in [4.69, 9.17) is 20.9 Å². The molecule has 0 amide bonds. The summed E-state index contributed by atoms with van der Waals surface area (Å²) in [4.78, 5) is 4.42. The maximum absolute atomic E-state index is 5.85. The van der Waals surface area contributed by atoms with Crippen molar-refractivity contribution in [2.24, 2.45) is 0 Å². The molecule has 100 valence electrons. The van der Waals surface area contributed by atoms with Crippen molar-refractivity contribution in [1.82, 2.24) is 15.5 Å². The van der Waals surface area contributed by atoms with Crippen LogP contribution in [0.15, 0.2) is 28.8 Å². The Kier molecular flexibility index (Phi) is 3.50. The van der Waals surface area contributed by atoms with Crippen molar-refractivity contribution in [3.63, 3.8) is 0 Å². The van der Waals surface area contributed by atoms with Crippen molar-refractivity contribution in [2.75, 3.05) is 13.7 Å². The van der Waals surface area contributed by atoms with E-state index in [0.29, 0.717) is 16.7 Å². The summed E-state index contributed by atoms with van der Waals surface area (Å²) >= 11 is 5.85. The second kappa shape index (κ2) is 5.28. The van der Waals surface area contributed by atoms with Crippen molar-refractivity contribution in [1.29, 1.82) is 0 Å².